The summed E-state index contributed by atoms with van der Waals surface area (Å²) in [6.07, 6.45) is -1.60. The number of hydrogen-bond donors (Lipinski definition) is 0. The van der Waals surface area contributed by atoms with E-state index in [1.165, 1.54) is 24.6 Å². The predicted molar refractivity (Wildman–Crippen MR) is 54.9 cm³/mol. The van der Waals surface area contributed by atoms with E-state index in [4.69, 9.17) is 10.5 Å². The highest BCUT2D eigenvalue weighted by atomic mass is 19.4. The van der Waals surface area contributed by atoms with Crippen LogP contribution in [0.4, 0.5) is 13.2 Å². The van der Waals surface area contributed by atoms with Crippen LogP contribution in [0.2, 0.25) is 0 Å². The molecule has 0 spiro atoms. The Hall–Kier alpha value is -2.41. The van der Waals surface area contributed by atoms with Crippen LogP contribution < -0.4 is 4.74 Å². The maximum absolute atomic E-state index is 12.1. The number of rotatable bonds is 2. The highest BCUT2D eigenvalue weighted by Gasteiger charge is 2.30. The lowest BCUT2D eigenvalue weighted by atomic mass is 10.2. The minimum atomic E-state index is -4.41. The van der Waals surface area contributed by atoms with Crippen molar-refractivity contribution in [3.05, 3.63) is 29.8 Å². The first-order valence-corrected chi connectivity index (χ1v) is 4.69. The molecular weight excluding hydrogens is 249 g/mol. The van der Waals surface area contributed by atoms with Crippen LogP contribution in [0.5, 0.6) is 5.75 Å². The molecule has 0 unspecified atom stereocenters. The molecule has 0 aliphatic rings. The molecule has 0 N–H and O–H groups in total. The summed E-state index contributed by atoms with van der Waals surface area (Å²) in [5.41, 5.74) is -0.833. The van der Waals surface area contributed by atoms with E-state index >= 15 is 0 Å². The molecule has 1 aromatic carbocycles. The minimum Gasteiger partial charge on any atom is -0.428 e. The first kappa shape index (κ1) is 15.6. The van der Waals surface area contributed by atoms with E-state index in [1.54, 1.807) is 6.92 Å². The van der Waals surface area contributed by atoms with Gasteiger partial charge < -0.3 is 9.47 Å². The Bertz CT molecular complexity index is 447. The number of alkyl halides is 3. The molecule has 0 aliphatic carbocycles. The zero-order chi connectivity index (χ0) is 14.0. The molecule has 0 fully saturated rings. The average Bonchev–Trinajstić information content (AvgIpc) is 2.31. The van der Waals surface area contributed by atoms with Gasteiger partial charge in [0.25, 0.3) is 12.5 Å². The highest BCUT2D eigenvalue weighted by Crippen LogP contribution is 2.31. The molecule has 1 rings (SSSR count). The normalized spacial score (nSPS) is 9.22. The molecule has 0 heterocycles. The van der Waals surface area contributed by atoms with Gasteiger partial charge in [0.05, 0.1) is 12.2 Å². The number of ether oxygens (including phenoxy) is 2. The smallest absolute Gasteiger partial charge is 0.416 e. The van der Waals surface area contributed by atoms with Crippen LogP contribution in [-0.2, 0) is 10.9 Å². The van der Waals surface area contributed by atoms with Crippen molar-refractivity contribution in [2.24, 2.45) is 0 Å². The average molecular weight is 258 g/mol. The van der Waals surface area contributed by atoms with E-state index < -0.39 is 11.7 Å². The van der Waals surface area contributed by atoms with Gasteiger partial charge in [-0.2, -0.15) is 18.4 Å². The second-order valence-corrected chi connectivity index (χ2v) is 2.74. The standard InChI is InChI=1S/C8H4F3NO.C3H5NO/c9-8(10,11)6-2-1-3-7(4-6)13-5-12;1-2-5-3-4/h1-4H;2H2,1H3. The lowest BCUT2D eigenvalue weighted by molar-refractivity contribution is -0.137. The Morgan fingerprint density at radius 3 is 2.28 bits per heavy atom. The summed E-state index contributed by atoms with van der Waals surface area (Å²) in [6, 6.07) is 4.13. The van der Waals surface area contributed by atoms with Crippen LogP contribution >= 0.6 is 0 Å². The van der Waals surface area contributed by atoms with Crippen molar-refractivity contribution >= 4 is 0 Å². The van der Waals surface area contributed by atoms with Crippen molar-refractivity contribution in [2.75, 3.05) is 6.61 Å². The third-order valence-electron chi connectivity index (χ3n) is 1.53. The SMILES string of the molecule is CCOC#N.N#COc1cccc(C(F)(F)F)c1. The van der Waals surface area contributed by atoms with Crippen molar-refractivity contribution in [1.29, 1.82) is 10.5 Å². The van der Waals surface area contributed by atoms with E-state index in [0.29, 0.717) is 6.61 Å². The van der Waals surface area contributed by atoms with E-state index in [1.807, 2.05) is 0 Å². The van der Waals surface area contributed by atoms with Gasteiger partial charge in [-0.15, -0.1) is 5.26 Å². The largest absolute Gasteiger partial charge is 0.428 e. The minimum absolute atomic E-state index is 0.114. The highest BCUT2D eigenvalue weighted by molar-refractivity contribution is 5.30. The zero-order valence-electron chi connectivity index (χ0n) is 9.36. The molecule has 4 nitrogen and oxygen atoms in total. The second kappa shape index (κ2) is 7.80. The molecule has 0 atom stereocenters. The molecule has 7 heteroatoms. The molecular formula is C11H9F3N2O2. The van der Waals surface area contributed by atoms with E-state index in [9.17, 15) is 13.2 Å². The summed E-state index contributed by atoms with van der Waals surface area (Å²) >= 11 is 0. The molecule has 0 bridgehead atoms. The van der Waals surface area contributed by atoms with Gasteiger partial charge in [0.2, 0.25) is 0 Å². The third-order valence-corrected chi connectivity index (χ3v) is 1.53. The number of nitrogens with zero attached hydrogens (tertiary/aromatic N) is 2. The summed E-state index contributed by atoms with van der Waals surface area (Å²) in [6.45, 7) is 2.25. The molecule has 18 heavy (non-hydrogen) atoms. The predicted octanol–water partition coefficient (Wildman–Crippen LogP) is 3.07. The summed E-state index contributed by atoms with van der Waals surface area (Å²) < 4.78 is 44.6. The Labute approximate surface area is 102 Å². The number of halogens is 3. The molecule has 0 radical (unpaired) electrons. The molecule has 0 saturated carbocycles. The zero-order valence-corrected chi connectivity index (χ0v) is 9.36. The lowest BCUT2D eigenvalue weighted by Gasteiger charge is -2.06. The fraction of sp³-hybridized carbons (Fsp3) is 0.273. The number of nitriles is 2. The van der Waals surface area contributed by atoms with Crippen LogP contribution in [0.25, 0.3) is 0 Å². The third kappa shape index (κ3) is 6.23. The fourth-order valence-electron chi connectivity index (χ4n) is 0.853. The molecule has 1 aromatic rings. The summed E-state index contributed by atoms with van der Waals surface area (Å²) in [7, 11) is 0. The maximum Gasteiger partial charge on any atom is 0.416 e. The van der Waals surface area contributed by atoms with Crippen molar-refractivity contribution in [3.63, 3.8) is 0 Å². The van der Waals surface area contributed by atoms with Gasteiger partial charge in [-0.25, -0.2) is 0 Å². The first-order chi connectivity index (χ1) is 8.45. The number of hydrogen-bond acceptors (Lipinski definition) is 4. The Morgan fingerprint density at radius 1 is 1.22 bits per heavy atom. The van der Waals surface area contributed by atoms with Crippen molar-refractivity contribution in [3.8, 4) is 18.3 Å². The number of benzene rings is 1. The van der Waals surface area contributed by atoms with Gasteiger partial charge in [0.1, 0.15) is 5.75 Å². The summed E-state index contributed by atoms with van der Waals surface area (Å²) in [5, 5.41) is 15.7. The topological polar surface area (TPSA) is 66.0 Å². The maximum atomic E-state index is 12.1. The fourth-order valence-corrected chi connectivity index (χ4v) is 0.853. The Kier molecular flexibility index (Phi) is 6.75. The molecule has 0 aliphatic heterocycles. The van der Waals surface area contributed by atoms with E-state index in [0.717, 1.165) is 12.1 Å². The molecule has 0 amide bonds. The Morgan fingerprint density at radius 2 is 1.89 bits per heavy atom. The molecule has 0 saturated heterocycles. The van der Waals surface area contributed by atoms with E-state index in [2.05, 4.69) is 9.47 Å². The lowest BCUT2D eigenvalue weighted by Crippen LogP contribution is -2.04. The van der Waals surface area contributed by atoms with Crippen molar-refractivity contribution in [2.45, 2.75) is 13.1 Å². The Balaban J connectivity index is 0.000000494. The monoisotopic (exact) mass is 258 g/mol. The van der Waals surface area contributed by atoms with Gasteiger partial charge in [0, 0.05) is 0 Å². The van der Waals surface area contributed by atoms with Crippen LogP contribution in [0.1, 0.15) is 12.5 Å². The van der Waals surface area contributed by atoms with Crippen molar-refractivity contribution < 1.29 is 22.6 Å². The van der Waals surface area contributed by atoms with Crippen LogP contribution in [0.15, 0.2) is 24.3 Å². The van der Waals surface area contributed by atoms with Crippen LogP contribution in [0.3, 0.4) is 0 Å². The van der Waals surface area contributed by atoms with Gasteiger partial charge >= 0.3 is 6.18 Å². The molecule has 0 aromatic heterocycles. The first-order valence-electron chi connectivity index (χ1n) is 4.69. The quantitative estimate of drug-likeness (QED) is 0.764. The van der Waals surface area contributed by atoms with Gasteiger partial charge in [-0.1, -0.05) is 6.07 Å². The van der Waals surface area contributed by atoms with Gasteiger partial charge in [-0.05, 0) is 25.1 Å². The van der Waals surface area contributed by atoms with Crippen molar-refractivity contribution in [1.82, 2.24) is 0 Å². The van der Waals surface area contributed by atoms with Gasteiger partial charge in [-0.3, -0.25) is 0 Å². The summed E-state index contributed by atoms with van der Waals surface area (Å²) in [5.74, 6) is -0.114. The second-order valence-electron chi connectivity index (χ2n) is 2.74. The van der Waals surface area contributed by atoms with Crippen LogP contribution in [-0.4, -0.2) is 6.61 Å². The van der Waals surface area contributed by atoms with Crippen LogP contribution in [0, 0.1) is 23.0 Å². The molecule has 96 valence electrons. The van der Waals surface area contributed by atoms with E-state index in [-0.39, 0.29) is 5.75 Å². The summed E-state index contributed by atoms with van der Waals surface area (Å²) in [4.78, 5) is 0. The van der Waals surface area contributed by atoms with Gasteiger partial charge in [0.15, 0.2) is 0 Å².